The molecule has 5 N–H and O–H groups in total. The van der Waals surface area contributed by atoms with Crippen LogP contribution in [0, 0.1) is 11.2 Å². The maximum Gasteiger partial charge on any atom is 0.180 e. The zero-order valence-corrected chi connectivity index (χ0v) is 18.9. The van der Waals surface area contributed by atoms with Crippen molar-refractivity contribution in [1.82, 2.24) is 20.3 Å². The minimum Gasteiger partial charge on any atom is -0.382 e. The molecular weight excluding hydrogens is 452 g/mol. The van der Waals surface area contributed by atoms with Crippen LogP contribution in [0.15, 0.2) is 82.0 Å². The van der Waals surface area contributed by atoms with Gasteiger partial charge in [-0.3, -0.25) is 5.01 Å². The maximum absolute atomic E-state index is 14.4. The second-order valence-electron chi connectivity index (χ2n) is 8.59. The SMILES string of the molecule is CC12CC(F)=CNC1N(Cc1ccccc1F)N=C2c1nc(N)c(/N=N/c2ccccc2)c(N)n1. The second kappa shape index (κ2) is 8.75. The minimum atomic E-state index is -0.865. The number of aromatic nitrogens is 2. The lowest BCUT2D eigenvalue weighted by Crippen LogP contribution is -2.52. The summed E-state index contributed by atoms with van der Waals surface area (Å²) in [4.78, 5) is 8.76. The van der Waals surface area contributed by atoms with Gasteiger partial charge in [-0.05, 0) is 25.1 Å². The third-order valence-electron chi connectivity index (χ3n) is 6.07. The molecule has 2 atom stereocenters. The number of hydrogen-bond donors (Lipinski definition) is 3. The number of nitrogens with zero attached hydrogens (tertiary/aromatic N) is 6. The number of fused-ring (bicyclic) bond motifs is 1. The molecule has 0 saturated heterocycles. The summed E-state index contributed by atoms with van der Waals surface area (Å²) in [6.07, 6.45) is 0.895. The van der Waals surface area contributed by atoms with E-state index in [2.05, 4.69) is 30.6 Å². The van der Waals surface area contributed by atoms with E-state index >= 15 is 0 Å². The third-order valence-corrected chi connectivity index (χ3v) is 6.07. The molecular formula is C24H23F2N9. The van der Waals surface area contributed by atoms with E-state index in [0.29, 0.717) is 17.0 Å². The Hall–Kier alpha value is -4.41. The third kappa shape index (κ3) is 4.16. The Morgan fingerprint density at radius 3 is 2.43 bits per heavy atom. The van der Waals surface area contributed by atoms with E-state index in [9.17, 15) is 8.78 Å². The quantitative estimate of drug-likeness (QED) is 0.464. The summed E-state index contributed by atoms with van der Waals surface area (Å²) < 4.78 is 28.8. The number of allylic oxidation sites excluding steroid dienone is 1. The number of nitrogen functional groups attached to an aromatic ring is 2. The van der Waals surface area contributed by atoms with Gasteiger partial charge in [-0.1, -0.05) is 36.4 Å². The zero-order chi connectivity index (χ0) is 24.6. The van der Waals surface area contributed by atoms with Gasteiger partial charge >= 0.3 is 0 Å². The number of halogens is 2. The molecule has 3 heterocycles. The Bertz CT molecular complexity index is 1330. The molecule has 0 saturated carbocycles. The van der Waals surface area contributed by atoms with Crippen LogP contribution in [-0.2, 0) is 6.54 Å². The van der Waals surface area contributed by atoms with Gasteiger partial charge in [0.1, 0.15) is 23.5 Å². The molecule has 2 aliphatic heterocycles. The predicted octanol–water partition coefficient (Wildman–Crippen LogP) is 4.55. The van der Waals surface area contributed by atoms with Crippen molar-refractivity contribution in [2.75, 3.05) is 11.5 Å². The summed E-state index contributed by atoms with van der Waals surface area (Å²) in [6.45, 7) is 2.00. The predicted molar refractivity (Wildman–Crippen MR) is 129 cm³/mol. The van der Waals surface area contributed by atoms with Gasteiger partial charge in [-0.15, -0.1) is 5.11 Å². The molecule has 2 aromatic carbocycles. The van der Waals surface area contributed by atoms with Crippen molar-refractivity contribution >= 4 is 28.7 Å². The van der Waals surface area contributed by atoms with Gasteiger partial charge in [0.15, 0.2) is 23.1 Å². The van der Waals surface area contributed by atoms with Gasteiger partial charge in [-0.2, -0.15) is 10.2 Å². The lowest BCUT2D eigenvalue weighted by atomic mass is 9.77. The summed E-state index contributed by atoms with van der Waals surface area (Å²) >= 11 is 0. The van der Waals surface area contributed by atoms with E-state index in [0.717, 1.165) is 0 Å². The van der Waals surface area contributed by atoms with Gasteiger partial charge in [0.05, 0.1) is 17.6 Å². The van der Waals surface area contributed by atoms with Gasteiger partial charge in [-0.25, -0.2) is 18.7 Å². The molecule has 3 aromatic rings. The molecule has 5 rings (SSSR count). The minimum absolute atomic E-state index is 0.0161. The highest BCUT2D eigenvalue weighted by molar-refractivity contribution is 6.04. The number of benzene rings is 2. The van der Waals surface area contributed by atoms with Crippen molar-refractivity contribution in [1.29, 1.82) is 0 Å². The molecule has 2 aliphatic rings. The van der Waals surface area contributed by atoms with Crippen molar-refractivity contribution in [3.8, 4) is 0 Å². The van der Waals surface area contributed by atoms with Crippen LogP contribution in [0.2, 0.25) is 0 Å². The van der Waals surface area contributed by atoms with Crippen molar-refractivity contribution in [2.45, 2.75) is 26.1 Å². The van der Waals surface area contributed by atoms with Gasteiger partial charge in [0.2, 0.25) is 0 Å². The van der Waals surface area contributed by atoms with Crippen LogP contribution in [0.4, 0.5) is 31.8 Å². The number of hydrogen-bond acceptors (Lipinski definition) is 9. The first-order valence-electron chi connectivity index (χ1n) is 10.9. The summed E-state index contributed by atoms with van der Waals surface area (Å²) in [5, 5.41) is 17.6. The van der Waals surface area contributed by atoms with Crippen molar-refractivity contribution in [3.05, 3.63) is 83.8 Å². The number of azo groups is 1. The molecule has 35 heavy (non-hydrogen) atoms. The fourth-order valence-corrected chi connectivity index (χ4v) is 4.31. The zero-order valence-electron chi connectivity index (χ0n) is 18.9. The molecule has 0 radical (unpaired) electrons. The normalized spacial score (nSPS) is 21.5. The number of hydrazone groups is 1. The van der Waals surface area contributed by atoms with Crippen molar-refractivity contribution in [3.63, 3.8) is 0 Å². The van der Waals surface area contributed by atoms with E-state index in [1.165, 1.54) is 12.3 Å². The average Bonchev–Trinajstić information content (AvgIpc) is 3.11. The molecule has 0 aliphatic carbocycles. The van der Waals surface area contributed by atoms with Crippen molar-refractivity contribution in [2.24, 2.45) is 20.7 Å². The molecule has 0 fully saturated rings. The largest absolute Gasteiger partial charge is 0.382 e. The standard InChI is InChI=1S/C24H23F2N9/c1-24-11-15(25)12-29-23(24)35(13-14-7-5-6-10-17(14)26)34-19(24)22-30-20(27)18(21(28)31-22)33-32-16-8-3-2-4-9-16/h2-10,12,23,29H,11,13H2,1H3,(H4,27,28,30,31)/b33-32+. The first-order chi connectivity index (χ1) is 16.8. The van der Waals surface area contributed by atoms with Crippen LogP contribution in [0.1, 0.15) is 24.7 Å². The number of nitrogens with one attached hydrogen (secondary N) is 1. The van der Waals surface area contributed by atoms with E-state index < -0.39 is 11.6 Å². The van der Waals surface area contributed by atoms with Gasteiger partial charge < -0.3 is 16.8 Å². The van der Waals surface area contributed by atoms with Gasteiger partial charge in [0, 0.05) is 18.2 Å². The van der Waals surface area contributed by atoms with Crippen LogP contribution in [-0.4, -0.2) is 26.9 Å². The Morgan fingerprint density at radius 1 is 1.03 bits per heavy atom. The fraction of sp³-hybridized carbons (Fsp3) is 0.208. The Kier molecular flexibility index (Phi) is 5.59. The topological polar surface area (TPSA) is 130 Å². The molecule has 1 aromatic heterocycles. The van der Waals surface area contributed by atoms with E-state index in [1.807, 2.05) is 25.1 Å². The molecule has 9 nitrogen and oxygen atoms in total. The van der Waals surface area contributed by atoms with E-state index in [-0.39, 0.29) is 47.8 Å². The average molecular weight is 476 g/mol. The highest BCUT2D eigenvalue weighted by Crippen LogP contribution is 2.44. The lowest BCUT2D eigenvalue weighted by Gasteiger charge is -2.38. The van der Waals surface area contributed by atoms with Crippen molar-refractivity contribution < 1.29 is 8.78 Å². The van der Waals surface area contributed by atoms with E-state index in [1.54, 1.807) is 35.3 Å². The van der Waals surface area contributed by atoms with Crippen LogP contribution in [0.25, 0.3) is 0 Å². The van der Waals surface area contributed by atoms with Crippen LogP contribution in [0.3, 0.4) is 0 Å². The molecule has 178 valence electrons. The number of rotatable bonds is 5. The Balaban J connectivity index is 1.52. The molecule has 0 spiro atoms. The second-order valence-corrected chi connectivity index (χ2v) is 8.59. The first-order valence-corrected chi connectivity index (χ1v) is 10.9. The summed E-state index contributed by atoms with van der Waals surface area (Å²) in [5.74, 6) is -0.518. The molecule has 0 amide bonds. The molecule has 2 unspecified atom stereocenters. The highest BCUT2D eigenvalue weighted by Gasteiger charge is 2.51. The van der Waals surface area contributed by atoms with Crippen LogP contribution in [0.5, 0.6) is 0 Å². The van der Waals surface area contributed by atoms with Gasteiger partial charge in [0.25, 0.3) is 0 Å². The summed E-state index contributed by atoms with van der Waals surface area (Å²) in [5.41, 5.74) is 13.1. The fourth-order valence-electron chi connectivity index (χ4n) is 4.31. The van der Waals surface area contributed by atoms with E-state index in [4.69, 9.17) is 11.5 Å². The van der Waals surface area contributed by atoms with Crippen LogP contribution < -0.4 is 16.8 Å². The Morgan fingerprint density at radius 2 is 1.71 bits per heavy atom. The summed E-state index contributed by atoms with van der Waals surface area (Å²) in [7, 11) is 0. The first kappa shape index (κ1) is 22.4. The smallest absolute Gasteiger partial charge is 0.180 e. The molecule has 11 heteroatoms. The molecule has 0 bridgehead atoms. The lowest BCUT2D eigenvalue weighted by molar-refractivity contribution is 0.113. The number of nitrogens with two attached hydrogens (primary N) is 2. The maximum atomic E-state index is 14.4. The highest BCUT2D eigenvalue weighted by atomic mass is 19.1. The Labute approximate surface area is 200 Å². The monoisotopic (exact) mass is 475 g/mol. The summed E-state index contributed by atoms with van der Waals surface area (Å²) in [6, 6.07) is 15.5. The van der Waals surface area contributed by atoms with Crippen LogP contribution >= 0.6 is 0 Å². The number of anilines is 2.